The van der Waals surface area contributed by atoms with Crippen LogP contribution in [-0.2, 0) is 4.79 Å². The Kier molecular flexibility index (Phi) is 3.03. The molecule has 2 atom stereocenters. The van der Waals surface area contributed by atoms with Gasteiger partial charge in [0.15, 0.2) is 10.3 Å². The van der Waals surface area contributed by atoms with Crippen LogP contribution in [0.4, 0.5) is 5.69 Å². The van der Waals surface area contributed by atoms with Crippen molar-refractivity contribution < 1.29 is 4.79 Å². The van der Waals surface area contributed by atoms with Gasteiger partial charge in [0.25, 0.3) is 0 Å². The van der Waals surface area contributed by atoms with Gasteiger partial charge < -0.3 is 10.2 Å². The normalized spacial score (nSPS) is 27.0. The average Bonchev–Trinajstić information content (AvgIpc) is 2.75. The second-order valence-electron chi connectivity index (χ2n) is 4.60. The minimum absolute atomic E-state index is 0.0433. The predicted octanol–water partition coefficient (Wildman–Crippen LogP) is 1.50. The van der Waals surface area contributed by atoms with Crippen LogP contribution in [0.15, 0.2) is 6.07 Å². The minimum Gasteiger partial charge on any atom is -0.363 e. The highest BCUT2D eigenvalue weighted by atomic mass is 35.5. The number of nitrogens with one attached hydrogen (secondary N) is 1. The Balaban J connectivity index is 1.95. The molecular weight excluding hydrogens is 275 g/mol. The van der Waals surface area contributed by atoms with Crippen LogP contribution in [0.3, 0.4) is 0 Å². The summed E-state index contributed by atoms with van der Waals surface area (Å²) in [6.45, 7) is 1.51. The molecule has 7 heteroatoms. The van der Waals surface area contributed by atoms with E-state index in [1.54, 1.807) is 6.07 Å². The number of hydrogen-bond acceptors (Lipinski definition) is 4. The van der Waals surface area contributed by atoms with Crippen LogP contribution in [0.1, 0.15) is 12.8 Å². The first-order valence-corrected chi connectivity index (χ1v) is 6.65. The molecule has 0 radical (unpaired) electrons. The molecule has 3 heterocycles. The van der Waals surface area contributed by atoms with Crippen molar-refractivity contribution in [2.24, 2.45) is 5.92 Å². The van der Waals surface area contributed by atoms with E-state index in [9.17, 15) is 4.79 Å². The third-order valence-electron chi connectivity index (χ3n) is 3.61. The van der Waals surface area contributed by atoms with E-state index < -0.39 is 0 Å². The summed E-state index contributed by atoms with van der Waals surface area (Å²) in [6, 6.07) is 1.85. The van der Waals surface area contributed by atoms with Crippen LogP contribution in [0.2, 0.25) is 10.3 Å². The molecular formula is C11H12Cl2N4O. The van der Waals surface area contributed by atoms with E-state index in [4.69, 9.17) is 23.2 Å². The topological polar surface area (TPSA) is 58.1 Å². The van der Waals surface area contributed by atoms with Crippen LogP contribution in [0.25, 0.3) is 0 Å². The number of amides is 1. The first-order chi connectivity index (χ1) is 8.66. The lowest BCUT2D eigenvalue weighted by Gasteiger charge is -2.37. The number of aromatic nitrogens is 2. The predicted molar refractivity (Wildman–Crippen MR) is 68.9 cm³/mol. The zero-order valence-electron chi connectivity index (χ0n) is 9.57. The molecule has 5 nitrogen and oxygen atoms in total. The summed E-state index contributed by atoms with van der Waals surface area (Å²) in [7, 11) is 0. The largest absolute Gasteiger partial charge is 0.363 e. The molecule has 1 N–H and O–H groups in total. The molecule has 3 rings (SSSR count). The van der Waals surface area contributed by atoms with E-state index in [1.807, 2.05) is 0 Å². The van der Waals surface area contributed by atoms with Gasteiger partial charge in [-0.25, -0.2) is 0 Å². The maximum absolute atomic E-state index is 11.7. The molecule has 2 aliphatic rings. The van der Waals surface area contributed by atoms with Crippen LogP contribution in [0, 0.1) is 5.92 Å². The molecule has 1 amide bonds. The lowest BCUT2D eigenvalue weighted by molar-refractivity contribution is -0.122. The maximum Gasteiger partial charge on any atom is 0.225 e. The summed E-state index contributed by atoms with van der Waals surface area (Å²) < 4.78 is 0. The molecule has 1 aromatic heterocycles. The fourth-order valence-electron chi connectivity index (χ4n) is 2.80. The van der Waals surface area contributed by atoms with E-state index in [0.717, 1.165) is 25.1 Å². The molecule has 2 saturated heterocycles. The Hall–Kier alpha value is -1.07. The third-order valence-corrected chi connectivity index (χ3v) is 4.07. The standard InChI is InChI=1S/C11H12Cl2N4O/c12-9-4-7(10(13)16-15-9)17-3-1-2-6-8(17)5-14-11(6)18/h4,6,8H,1-3,5H2,(H,14,18). The van der Waals surface area contributed by atoms with Gasteiger partial charge in [-0.2, -0.15) is 0 Å². The average molecular weight is 287 g/mol. The summed E-state index contributed by atoms with van der Waals surface area (Å²) in [5.74, 6) is 0.177. The van der Waals surface area contributed by atoms with Gasteiger partial charge in [0, 0.05) is 19.2 Å². The van der Waals surface area contributed by atoms with Gasteiger partial charge in [0.1, 0.15) is 0 Å². The summed E-state index contributed by atoms with van der Waals surface area (Å²) in [6.07, 6.45) is 1.89. The monoisotopic (exact) mass is 286 g/mol. The van der Waals surface area contributed by atoms with Crippen molar-refractivity contribution >= 4 is 34.8 Å². The number of nitrogens with zero attached hydrogens (tertiary/aromatic N) is 3. The maximum atomic E-state index is 11.7. The molecule has 0 aliphatic carbocycles. The molecule has 2 aliphatic heterocycles. The van der Waals surface area contributed by atoms with E-state index in [0.29, 0.717) is 16.9 Å². The number of carbonyl (C=O) groups is 1. The summed E-state index contributed by atoms with van der Waals surface area (Å²) in [4.78, 5) is 13.8. The highest BCUT2D eigenvalue weighted by molar-refractivity contribution is 6.33. The SMILES string of the molecule is O=C1NCC2C1CCCN2c1cc(Cl)nnc1Cl. The van der Waals surface area contributed by atoms with Crippen LogP contribution >= 0.6 is 23.2 Å². The smallest absolute Gasteiger partial charge is 0.225 e. The number of carbonyl (C=O) groups excluding carboxylic acids is 1. The fraction of sp³-hybridized carbons (Fsp3) is 0.545. The molecule has 0 saturated carbocycles. The molecule has 2 unspecified atom stereocenters. The molecule has 18 heavy (non-hydrogen) atoms. The minimum atomic E-state index is 0.0433. The molecule has 0 aromatic carbocycles. The van der Waals surface area contributed by atoms with Crippen molar-refractivity contribution in [2.45, 2.75) is 18.9 Å². The number of piperidine rings is 1. The summed E-state index contributed by atoms with van der Waals surface area (Å²) >= 11 is 11.9. The molecule has 0 spiro atoms. The molecule has 1 aromatic rings. The van der Waals surface area contributed by atoms with Gasteiger partial charge in [-0.1, -0.05) is 23.2 Å². The summed E-state index contributed by atoms with van der Waals surface area (Å²) in [5.41, 5.74) is 0.767. The highest BCUT2D eigenvalue weighted by Crippen LogP contribution is 2.35. The van der Waals surface area contributed by atoms with Crippen molar-refractivity contribution in [3.05, 3.63) is 16.4 Å². The zero-order valence-corrected chi connectivity index (χ0v) is 11.1. The molecule has 0 bridgehead atoms. The first kappa shape index (κ1) is 12.0. The third kappa shape index (κ3) is 1.91. The summed E-state index contributed by atoms with van der Waals surface area (Å²) in [5, 5.41) is 11.1. The van der Waals surface area contributed by atoms with Gasteiger partial charge in [-0.3, -0.25) is 4.79 Å². The van der Waals surface area contributed by atoms with E-state index in [1.165, 1.54) is 0 Å². The van der Waals surface area contributed by atoms with Crippen molar-refractivity contribution in [3.63, 3.8) is 0 Å². The highest BCUT2D eigenvalue weighted by Gasteiger charge is 2.41. The van der Waals surface area contributed by atoms with Gasteiger partial charge in [-0.05, 0) is 12.8 Å². The van der Waals surface area contributed by atoms with E-state index >= 15 is 0 Å². The van der Waals surface area contributed by atoms with Gasteiger partial charge in [-0.15, -0.1) is 10.2 Å². The van der Waals surface area contributed by atoms with Crippen LogP contribution in [0.5, 0.6) is 0 Å². The van der Waals surface area contributed by atoms with Gasteiger partial charge in [0.2, 0.25) is 5.91 Å². The number of rotatable bonds is 1. The number of hydrogen-bond donors (Lipinski definition) is 1. The van der Waals surface area contributed by atoms with Crippen molar-refractivity contribution in [2.75, 3.05) is 18.0 Å². The Labute approximate surface area is 114 Å². The van der Waals surface area contributed by atoms with Crippen molar-refractivity contribution in [1.29, 1.82) is 0 Å². The number of halogens is 2. The van der Waals surface area contributed by atoms with Crippen LogP contribution < -0.4 is 10.2 Å². The lowest BCUT2D eigenvalue weighted by Crippen LogP contribution is -2.45. The lowest BCUT2D eigenvalue weighted by atomic mass is 9.91. The fourth-order valence-corrected chi connectivity index (χ4v) is 3.14. The quantitative estimate of drug-likeness (QED) is 0.850. The molecule has 2 fully saturated rings. The number of anilines is 1. The second-order valence-corrected chi connectivity index (χ2v) is 5.34. The Bertz CT molecular complexity index is 496. The van der Waals surface area contributed by atoms with Crippen molar-refractivity contribution in [1.82, 2.24) is 15.5 Å². The van der Waals surface area contributed by atoms with Gasteiger partial charge in [0.05, 0.1) is 17.6 Å². The molecule has 96 valence electrons. The van der Waals surface area contributed by atoms with Crippen LogP contribution in [-0.4, -0.2) is 35.2 Å². The van der Waals surface area contributed by atoms with Crippen molar-refractivity contribution in [3.8, 4) is 0 Å². The van der Waals surface area contributed by atoms with E-state index in [-0.39, 0.29) is 17.9 Å². The second kappa shape index (κ2) is 4.55. The zero-order chi connectivity index (χ0) is 12.7. The van der Waals surface area contributed by atoms with E-state index in [2.05, 4.69) is 20.4 Å². The Morgan fingerprint density at radius 3 is 3.06 bits per heavy atom. The Morgan fingerprint density at radius 2 is 2.22 bits per heavy atom. The Morgan fingerprint density at radius 1 is 1.39 bits per heavy atom. The number of fused-ring (bicyclic) bond motifs is 1. The first-order valence-electron chi connectivity index (χ1n) is 5.90. The van der Waals surface area contributed by atoms with Gasteiger partial charge >= 0.3 is 0 Å².